The van der Waals surface area contributed by atoms with Gasteiger partial charge in [-0.1, -0.05) is 24.3 Å². The van der Waals surface area contributed by atoms with Gasteiger partial charge in [0.25, 0.3) is 0 Å². The number of aromatic nitrogens is 4. The topological polar surface area (TPSA) is 86.5 Å². The first-order valence-electron chi connectivity index (χ1n) is 8.97. The minimum Gasteiger partial charge on any atom is -0.339 e. The molecule has 0 spiro atoms. The first kappa shape index (κ1) is 16.3. The molecule has 3 heterocycles. The van der Waals surface area contributed by atoms with Crippen LogP contribution in [0.3, 0.4) is 0 Å². The van der Waals surface area contributed by atoms with Crippen molar-refractivity contribution in [2.45, 2.75) is 6.92 Å². The third-order valence-electron chi connectivity index (χ3n) is 4.78. The zero-order valence-corrected chi connectivity index (χ0v) is 15.2. The van der Waals surface area contributed by atoms with Crippen molar-refractivity contribution >= 4 is 33.5 Å². The van der Waals surface area contributed by atoms with Gasteiger partial charge in [-0.2, -0.15) is 5.10 Å². The third-order valence-corrected chi connectivity index (χ3v) is 4.78. The number of anilines is 1. The summed E-state index contributed by atoms with van der Waals surface area (Å²) in [7, 11) is 0. The molecular weight excluding hydrogens is 350 g/mol. The van der Waals surface area contributed by atoms with Gasteiger partial charge in [-0.05, 0) is 41.5 Å². The van der Waals surface area contributed by atoms with E-state index in [0.717, 1.165) is 50.0 Å². The normalized spacial score (nSPS) is 11.2. The molecule has 0 atom stereocenters. The minimum absolute atomic E-state index is 0.0878. The van der Waals surface area contributed by atoms with Gasteiger partial charge < -0.3 is 10.3 Å². The average molecular weight is 367 g/mol. The smallest absolute Gasteiger partial charge is 0.221 e. The van der Waals surface area contributed by atoms with E-state index in [2.05, 4.69) is 43.7 Å². The van der Waals surface area contributed by atoms with E-state index in [0.29, 0.717) is 0 Å². The lowest BCUT2D eigenvalue weighted by atomic mass is 10.0. The average Bonchev–Trinajstić information content (AvgIpc) is 3.33. The lowest BCUT2D eigenvalue weighted by Crippen LogP contribution is -2.05. The Labute approximate surface area is 160 Å². The molecule has 5 aromatic rings. The van der Waals surface area contributed by atoms with Crippen LogP contribution in [0.2, 0.25) is 0 Å². The Morgan fingerprint density at radius 1 is 1.04 bits per heavy atom. The van der Waals surface area contributed by atoms with E-state index >= 15 is 0 Å². The molecule has 0 radical (unpaired) electrons. The lowest BCUT2D eigenvalue weighted by Gasteiger charge is -2.07. The molecular formula is C22H17N5O. The van der Waals surface area contributed by atoms with Gasteiger partial charge in [-0.25, -0.2) is 4.98 Å². The molecule has 0 aliphatic carbocycles. The van der Waals surface area contributed by atoms with Gasteiger partial charge in [-0.15, -0.1) is 0 Å². The molecule has 5 rings (SSSR count). The lowest BCUT2D eigenvalue weighted by molar-refractivity contribution is -0.114. The predicted molar refractivity (Wildman–Crippen MR) is 111 cm³/mol. The number of carbonyl (C=O) groups is 1. The van der Waals surface area contributed by atoms with Crippen LogP contribution in [0, 0.1) is 0 Å². The molecule has 0 saturated heterocycles. The number of H-pyrrole nitrogens is 2. The molecule has 0 bridgehead atoms. The van der Waals surface area contributed by atoms with Crippen molar-refractivity contribution in [2.24, 2.45) is 0 Å². The molecule has 6 nitrogen and oxygen atoms in total. The van der Waals surface area contributed by atoms with Crippen LogP contribution in [0.5, 0.6) is 0 Å². The number of hydrogen-bond acceptors (Lipinski definition) is 3. The number of carbonyl (C=O) groups excluding carboxylic acids is 1. The van der Waals surface area contributed by atoms with Crippen molar-refractivity contribution in [2.75, 3.05) is 5.32 Å². The maximum atomic E-state index is 11.4. The Morgan fingerprint density at radius 3 is 2.86 bits per heavy atom. The number of amides is 1. The van der Waals surface area contributed by atoms with Gasteiger partial charge in [0, 0.05) is 40.8 Å². The first-order valence-corrected chi connectivity index (χ1v) is 8.97. The van der Waals surface area contributed by atoms with E-state index in [1.807, 2.05) is 42.6 Å². The molecule has 0 aliphatic heterocycles. The first-order chi connectivity index (χ1) is 13.7. The van der Waals surface area contributed by atoms with Gasteiger partial charge >= 0.3 is 0 Å². The van der Waals surface area contributed by atoms with Crippen molar-refractivity contribution in [3.05, 3.63) is 67.0 Å². The van der Waals surface area contributed by atoms with Crippen LogP contribution < -0.4 is 5.32 Å². The Hall–Kier alpha value is -3.93. The highest BCUT2D eigenvalue weighted by Gasteiger charge is 2.11. The van der Waals surface area contributed by atoms with Crippen LogP contribution in [0.25, 0.3) is 44.3 Å². The fraction of sp³-hybridized carbons (Fsp3) is 0.0455. The van der Waals surface area contributed by atoms with Crippen LogP contribution in [0.4, 0.5) is 5.69 Å². The summed E-state index contributed by atoms with van der Waals surface area (Å²) in [5.41, 5.74) is 6.72. The summed E-state index contributed by atoms with van der Waals surface area (Å²) in [5.74, 6) is -0.0878. The molecule has 0 fully saturated rings. The van der Waals surface area contributed by atoms with E-state index < -0.39 is 0 Å². The summed E-state index contributed by atoms with van der Waals surface area (Å²) >= 11 is 0. The number of nitrogens with zero attached hydrogens (tertiary/aromatic N) is 2. The predicted octanol–water partition coefficient (Wildman–Crippen LogP) is 4.73. The molecule has 0 unspecified atom stereocenters. The fourth-order valence-corrected chi connectivity index (χ4v) is 3.51. The largest absolute Gasteiger partial charge is 0.339 e. The number of rotatable bonds is 3. The van der Waals surface area contributed by atoms with Crippen molar-refractivity contribution < 1.29 is 4.79 Å². The third kappa shape index (κ3) is 2.81. The Morgan fingerprint density at radius 2 is 1.96 bits per heavy atom. The summed E-state index contributed by atoms with van der Waals surface area (Å²) in [6.45, 7) is 1.51. The van der Waals surface area contributed by atoms with E-state index in [4.69, 9.17) is 0 Å². The molecule has 28 heavy (non-hydrogen) atoms. The zero-order valence-electron chi connectivity index (χ0n) is 15.2. The number of nitrogens with one attached hydrogen (secondary N) is 3. The second-order valence-electron chi connectivity index (χ2n) is 6.74. The summed E-state index contributed by atoms with van der Waals surface area (Å²) in [5, 5.41) is 12.0. The van der Waals surface area contributed by atoms with E-state index in [-0.39, 0.29) is 5.91 Å². The number of benzene rings is 2. The number of pyridine rings is 1. The molecule has 3 aromatic heterocycles. The SMILES string of the molecule is CC(=O)Nc1cccc(-c2ccnc3[nH]c(-c4ccc5cn[nH]c5c4)cc23)c1. The molecule has 136 valence electrons. The molecule has 2 aromatic carbocycles. The highest BCUT2D eigenvalue weighted by Crippen LogP contribution is 2.33. The monoisotopic (exact) mass is 367 g/mol. The quantitative estimate of drug-likeness (QED) is 0.431. The van der Waals surface area contributed by atoms with Crippen molar-refractivity contribution in [3.63, 3.8) is 0 Å². The second-order valence-corrected chi connectivity index (χ2v) is 6.74. The number of fused-ring (bicyclic) bond motifs is 2. The highest BCUT2D eigenvalue weighted by atomic mass is 16.1. The fourth-order valence-electron chi connectivity index (χ4n) is 3.51. The maximum absolute atomic E-state index is 11.4. The zero-order chi connectivity index (χ0) is 19.1. The van der Waals surface area contributed by atoms with Gasteiger partial charge in [0.2, 0.25) is 5.91 Å². The Bertz CT molecular complexity index is 1330. The summed E-state index contributed by atoms with van der Waals surface area (Å²) in [4.78, 5) is 19.3. The van der Waals surface area contributed by atoms with E-state index in [9.17, 15) is 4.79 Å². The van der Waals surface area contributed by atoms with Crippen LogP contribution in [0.15, 0.2) is 67.0 Å². The van der Waals surface area contributed by atoms with Crippen LogP contribution in [0.1, 0.15) is 6.92 Å². The number of aromatic amines is 2. The van der Waals surface area contributed by atoms with Gasteiger partial charge in [0.15, 0.2) is 0 Å². The molecule has 6 heteroatoms. The van der Waals surface area contributed by atoms with Crippen molar-refractivity contribution in [3.8, 4) is 22.4 Å². The van der Waals surface area contributed by atoms with Gasteiger partial charge in [0.05, 0.1) is 11.7 Å². The van der Waals surface area contributed by atoms with E-state index in [1.54, 1.807) is 6.20 Å². The Kier molecular flexibility index (Phi) is 3.69. The molecule has 0 saturated carbocycles. The summed E-state index contributed by atoms with van der Waals surface area (Å²) in [6.07, 6.45) is 3.60. The van der Waals surface area contributed by atoms with Gasteiger partial charge in [-0.3, -0.25) is 9.89 Å². The highest BCUT2D eigenvalue weighted by molar-refractivity contribution is 5.98. The van der Waals surface area contributed by atoms with Gasteiger partial charge in [0.1, 0.15) is 5.65 Å². The molecule has 3 N–H and O–H groups in total. The number of hydrogen-bond donors (Lipinski definition) is 3. The maximum Gasteiger partial charge on any atom is 0.221 e. The molecule has 1 amide bonds. The second kappa shape index (κ2) is 6.35. The Balaban J connectivity index is 1.62. The van der Waals surface area contributed by atoms with Crippen LogP contribution >= 0.6 is 0 Å². The van der Waals surface area contributed by atoms with Crippen LogP contribution in [-0.2, 0) is 4.79 Å². The van der Waals surface area contributed by atoms with Crippen molar-refractivity contribution in [1.82, 2.24) is 20.2 Å². The summed E-state index contributed by atoms with van der Waals surface area (Å²) < 4.78 is 0. The van der Waals surface area contributed by atoms with Crippen molar-refractivity contribution in [1.29, 1.82) is 0 Å². The minimum atomic E-state index is -0.0878. The van der Waals surface area contributed by atoms with E-state index in [1.165, 1.54) is 6.92 Å². The molecule has 0 aliphatic rings. The summed E-state index contributed by atoms with van der Waals surface area (Å²) in [6, 6.07) is 18.1. The standard InChI is InChI=1S/C22H17N5O/c1-13(28)25-17-4-2-3-14(9-17)18-7-8-23-22-19(18)11-20(26-22)15-5-6-16-12-24-27-21(16)10-15/h2-12H,1H3,(H,23,26)(H,24,27)(H,25,28). The van der Waals surface area contributed by atoms with Crippen LogP contribution in [-0.4, -0.2) is 26.1 Å².